The van der Waals surface area contributed by atoms with E-state index >= 15 is 0 Å². The van der Waals surface area contributed by atoms with Gasteiger partial charge in [-0.05, 0) is 25.1 Å². The van der Waals surface area contributed by atoms with Crippen molar-refractivity contribution in [3.05, 3.63) is 53.4 Å². The molecule has 0 atom stereocenters. The van der Waals surface area contributed by atoms with Crippen molar-refractivity contribution >= 4 is 5.69 Å². The quantitative estimate of drug-likeness (QED) is 0.897. The fourth-order valence-electron chi connectivity index (χ4n) is 1.54. The fourth-order valence-corrected chi connectivity index (χ4v) is 1.54. The average Bonchev–Trinajstić information content (AvgIpc) is 2.41. The lowest BCUT2D eigenvalue weighted by Gasteiger charge is -2.10. The number of aromatic nitrogens is 2. The van der Waals surface area contributed by atoms with Gasteiger partial charge in [0.1, 0.15) is 12.1 Å². The van der Waals surface area contributed by atoms with E-state index in [2.05, 4.69) is 15.3 Å². The molecule has 0 fully saturated rings. The highest BCUT2D eigenvalue weighted by Gasteiger charge is 2.07. The molecular formula is C13H11FN4. The number of nitriles is 1. The van der Waals surface area contributed by atoms with Crippen LogP contribution in [0, 0.1) is 24.1 Å². The third-order valence-corrected chi connectivity index (χ3v) is 2.58. The van der Waals surface area contributed by atoms with Crippen LogP contribution in [0.15, 0.2) is 30.7 Å². The first-order valence-corrected chi connectivity index (χ1v) is 5.39. The van der Waals surface area contributed by atoms with Gasteiger partial charge in [0.05, 0.1) is 23.9 Å². The molecule has 0 aliphatic heterocycles. The van der Waals surface area contributed by atoms with Crippen LogP contribution in [0.4, 0.5) is 10.1 Å². The molecule has 1 heterocycles. The van der Waals surface area contributed by atoms with Crippen molar-refractivity contribution in [3.8, 4) is 6.07 Å². The number of nitrogens with one attached hydrogen (secondary N) is 1. The van der Waals surface area contributed by atoms with E-state index in [1.807, 2.05) is 6.07 Å². The third kappa shape index (κ3) is 2.61. The molecule has 5 heteroatoms. The van der Waals surface area contributed by atoms with Gasteiger partial charge in [-0.2, -0.15) is 5.26 Å². The highest BCUT2D eigenvalue weighted by Crippen LogP contribution is 2.20. The zero-order chi connectivity index (χ0) is 13.0. The van der Waals surface area contributed by atoms with Crippen molar-refractivity contribution in [1.29, 1.82) is 5.26 Å². The van der Waals surface area contributed by atoms with Gasteiger partial charge in [0.25, 0.3) is 0 Å². The van der Waals surface area contributed by atoms with E-state index in [9.17, 15) is 4.39 Å². The SMILES string of the molecule is Cc1c(F)cc(C#N)cc1NCc1ccncn1. The van der Waals surface area contributed by atoms with E-state index in [4.69, 9.17) is 5.26 Å². The second-order valence-corrected chi connectivity index (χ2v) is 3.80. The second-order valence-electron chi connectivity index (χ2n) is 3.80. The summed E-state index contributed by atoms with van der Waals surface area (Å²) >= 11 is 0. The maximum atomic E-state index is 13.5. The molecule has 0 unspecified atom stereocenters. The van der Waals surface area contributed by atoms with E-state index in [0.717, 1.165) is 5.69 Å². The summed E-state index contributed by atoms with van der Waals surface area (Å²) in [7, 11) is 0. The van der Waals surface area contributed by atoms with Crippen molar-refractivity contribution in [2.45, 2.75) is 13.5 Å². The average molecular weight is 242 g/mol. The summed E-state index contributed by atoms with van der Waals surface area (Å²) in [6.45, 7) is 2.12. The summed E-state index contributed by atoms with van der Waals surface area (Å²) in [4.78, 5) is 7.87. The van der Waals surface area contributed by atoms with Crippen molar-refractivity contribution in [2.75, 3.05) is 5.32 Å². The minimum atomic E-state index is -0.390. The van der Waals surface area contributed by atoms with E-state index in [1.54, 1.807) is 25.3 Å². The Balaban J connectivity index is 2.19. The van der Waals surface area contributed by atoms with Crippen LogP contribution in [0.2, 0.25) is 0 Å². The van der Waals surface area contributed by atoms with Crippen LogP contribution in [0.3, 0.4) is 0 Å². The molecule has 1 aromatic carbocycles. The topological polar surface area (TPSA) is 61.6 Å². The molecule has 0 aliphatic rings. The lowest BCUT2D eigenvalue weighted by atomic mass is 10.1. The number of anilines is 1. The molecule has 18 heavy (non-hydrogen) atoms. The largest absolute Gasteiger partial charge is 0.379 e. The first-order chi connectivity index (χ1) is 8.70. The van der Waals surface area contributed by atoms with E-state index in [1.165, 1.54) is 12.4 Å². The van der Waals surface area contributed by atoms with Crippen molar-refractivity contribution in [3.63, 3.8) is 0 Å². The smallest absolute Gasteiger partial charge is 0.129 e. The molecule has 0 spiro atoms. The van der Waals surface area contributed by atoms with Crippen LogP contribution >= 0.6 is 0 Å². The summed E-state index contributed by atoms with van der Waals surface area (Å²) in [6, 6.07) is 6.55. The minimum absolute atomic E-state index is 0.295. The lowest BCUT2D eigenvalue weighted by molar-refractivity contribution is 0.618. The number of nitrogens with zero attached hydrogens (tertiary/aromatic N) is 3. The number of hydrogen-bond donors (Lipinski definition) is 1. The monoisotopic (exact) mass is 242 g/mol. The Labute approximate surface area is 104 Å². The Bertz CT molecular complexity index is 590. The molecule has 0 saturated carbocycles. The second kappa shape index (κ2) is 5.23. The molecule has 0 aliphatic carbocycles. The Morgan fingerprint density at radius 2 is 2.28 bits per heavy atom. The van der Waals surface area contributed by atoms with Crippen molar-refractivity contribution in [1.82, 2.24) is 9.97 Å². The fraction of sp³-hybridized carbons (Fsp3) is 0.154. The predicted octanol–water partition coefficient (Wildman–Crippen LogP) is 2.41. The van der Waals surface area contributed by atoms with Gasteiger partial charge in [-0.1, -0.05) is 0 Å². The van der Waals surface area contributed by atoms with Gasteiger partial charge < -0.3 is 5.32 Å². The molecule has 0 saturated heterocycles. The summed E-state index contributed by atoms with van der Waals surface area (Å²) in [5, 5.41) is 11.9. The number of halogens is 1. The van der Waals surface area contributed by atoms with E-state index in [0.29, 0.717) is 23.4 Å². The standard InChI is InChI=1S/C13H11FN4/c1-9-12(14)4-10(6-15)5-13(9)17-7-11-2-3-16-8-18-11/h2-5,8,17H,7H2,1H3. The number of hydrogen-bond acceptors (Lipinski definition) is 4. The van der Waals surface area contributed by atoms with Crippen LogP contribution in [-0.4, -0.2) is 9.97 Å². The Morgan fingerprint density at radius 1 is 1.44 bits per heavy atom. The molecule has 90 valence electrons. The summed E-state index contributed by atoms with van der Waals surface area (Å²) in [5.41, 5.74) is 2.18. The highest BCUT2D eigenvalue weighted by atomic mass is 19.1. The molecule has 2 rings (SSSR count). The minimum Gasteiger partial charge on any atom is -0.379 e. The molecular weight excluding hydrogens is 231 g/mol. The van der Waals surface area contributed by atoms with Gasteiger partial charge in [-0.25, -0.2) is 14.4 Å². The zero-order valence-corrected chi connectivity index (χ0v) is 9.81. The molecule has 4 nitrogen and oxygen atoms in total. The molecule has 1 aromatic heterocycles. The Morgan fingerprint density at radius 3 is 2.94 bits per heavy atom. The van der Waals surface area contributed by atoms with Crippen LogP contribution in [0.1, 0.15) is 16.8 Å². The van der Waals surface area contributed by atoms with Crippen LogP contribution in [0.5, 0.6) is 0 Å². The lowest BCUT2D eigenvalue weighted by Crippen LogP contribution is -2.04. The number of rotatable bonds is 3. The molecule has 0 amide bonds. The summed E-state index contributed by atoms with van der Waals surface area (Å²) in [6.07, 6.45) is 3.10. The normalized spacial score (nSPS) is 9.83. The molecule has 0 radical (unpaired) electrons. The van der Waals surface area contributed by atoms with Gasteiger partial charge >= 0.3 is 0 Å². The third-order valence-electron chi connectivity index (χ3n) is 2.58. The maximum Gasteiger partial charge on any atom is 0.129 e. The maximum absolute atomic E-state index is 13.5. The molecule has 0 bridgehead atoms. The first kappa shape index (κ1) is 12.0. The Hall–Kier alpha value is -2.48. The van der Waals surface area contributed by atoms with Crippen LogP contribution in [0.25, 0.3) is 0 Å². The van der Waals surface area contributed by atoms with Gasteiger partial charge in [-0.15, -0.1) is 0 Å². The zero-order valence-electron chi connectivity index (χ0n) is 9.81. The van der Waals surface area contributed by atoms with Crippen molar-refractivity contribution < 1.29 is 4.39 Å². The van der Waals surface area contributed by atoms with Gasteiger partial charge in [0.2, 0.25) is 0 Å². The van der Waals surface area contributed by atoms with Crippen molar-refractivity contribution in [2.24, 2.45) is 0 Å². The predicted molar refractivity (Wildman–Crippen MR) is 65.2 cm³/mol. The van der Waals surface area contributed by atoms with Gasteiger partial charge in [0.15, 0.2) is 0 Å². The van der Waals surface area contributed by atoms with Crippen LogP contribution < -0.4 is 5.32 Å². The molecule has 2 aromatic rings. The first-order valence-electron chi connectivity index (χ1n) is 5.39. The van der Waals surface area contributed by atoms with Gasteiger partial charge in [-0.3, -0.25) is 0 Å². The van der Waals surface area contributed by atoms with E-state index < -0.39 is 0 Å². The highest BCUT2D eigenvalue weighted by molar-refractivity contribution is 5.55. The number of benzene rings is 1. The summed E-state index contributed by atoms with van der Waals surface area (Å²) in [5.74, 6) is -0.390. The molecule has 1 N–H and O–H groups in total. The van der Waals surface area contributed by atoms with Gasteiger partial charge in [0, 0.05) is 17.4 Å². The Kier molecular flexibility index (Phi) is 3.49. The van der Waals surface area contributed by atoms with Crippen LogP contribution in [-0.2, 0) is 6.54 Å². The van der Waals surface area contributed by atoms with E-state index in [-0.39, 0.29) is 5.82 Å². The summed E-state index contributed by atoms with van der Waals surface area (Å²) < 4.78 is 13.5.